The summed E-state index contributed by atoms with van der Waals surface area (Å²) in [4.78, 5) is 37.5. The minimum atomic E-state index is -0.584. The highest BCUT2D eigenvalue weighted by Crippen LogP contribution is 2.41. The summed E-state index contributed by atoms with van der Waals surface area (Å²) in [7, 11) is 0. The predicted molar refractivity (Wildman–Crippen MR) is 111 cm³/mol. The lowest BCUT2D eigenvalue weighted by molar-refractivity contribution is -0.129. The van der Waals surface area contributed by atoms with Crippen molar-refractivity contribution >= 4 is 34.4 Å². The van der Waals surface area contributed by atoms with Crippen molar-refractivity contribution in [1.82, 2.24) is 19.4 Å². The van der Waals surface area contributed by atoms with Gasteiger partial charge in [0.2, 0.25) is 5.78 Å². The molecule has 3 aromatic rings. The van der Waals surface area contributed by atoms with Gasteiger partial charge in [-0.2, -0.15) is 0 Å². The van der Waals surface area contributed by atoms with Crippen LogP contribution in [0.4, 0.5) is 0 Å². The average molecular weight is 429 g/mol. The van der Waals surface area contributed by atoms with Crippen LogP contribution < -0.4 is 0 Å². The van der Waals surface area contributed by atoms with Gasteiger partial charge in [0, 0.05) is 30.4 Å². The first-order valence-electron chi connectivity index (χ1n) is 9.19. The van der Waals surface area contributed by atoms with Crippen LogP contribution in [0.15, 0.2) is 47.6 Å². The van der Waals surface area contributed by atoms with Crippen molar-refractivity contribution in [2.45, 2.75) is 32.9 Å². The lowest BCUT2D eigenvalue weighted by Gasteiger charge is -2.25. The molecular weight excluding hydrogens is 408 g/mol. The van der Waals surface area contributed by atoms with Gasteiger partial charge in [-0.1, -0.05) is 6.07 Å². The Balaban J connectivity index is 1.65. The van der Waals surface area contributed by atoms with Gasteiger partial charge in [0.05, 0.1) is 33.5 Å². The van der Waals surface area contributed by atoms with Crippen LogP contribution in [0.25, 0.3) is 0 Å². The van der Waals surface area contributed by atoms with E-state index in [1.54, 1.807) is 24.3 Å². The number of aryl methyl sites for hydroxylation is 3. The van der Waals surface area contributed by atoms with Crippen molar-refractivity contribution < 1.29 is 14.7 Å². The number of ketones is 1. The number of thiazole rings is 1. The topological polar surface area (TPSA) is 88.3 Å². The Morgan fingerprint density at radius 2 is 2.14 bits per heavy atom. The Bertz CT molecular complexity index is 1070. The number of hydrogen-bond donors (Lipinski definition) is 1. The fourth-order valence-corrected chi connectivity index (χ4v) is 5.29. The third-order valence-corrected chi connectivity index (χ3v) is 6.84. The molecule has 0 saturated carbocycles. The summed E-state index contributed by atoms with van der Waals surface area (Å²) in [6, 6.07) is 3.19. The number of aromatic nitrogens is 3. The summed E-state index contributed by atoms with van der Waals surface area (Å²) >= 11 is 2.75. The molecule has 0 bridgehead atoms. The molecule has 1 amide bonds. The first-order chi connectivity index (χ1) is 14.0. The highest BCUT2D eigenvalue weighted by atomic mass is 32.1. The second kappa shape index (κ2) is 7.92. The van der Waals surface area contributed by atoms with Crippen molar-refractivity contribution in [3.63, 3.8) is 0 Å². The lowest BCUT2D eigenvalue weighted by Crippen LogP contribution is -2.32. The van der Waals surface area contributed by atoms with Gasteiger partial charge in [-0.15, -0.1) is 22.7 Å². The number of aliphatic hydroxyl groups is 1. The summed E-state index contributed by atoms with van der Waals surface area (Å²) in [5.41, 5.74) is 0.764. The normalized spacial score (nSPS) is 16.8. The van der Waals surface area contributed by atoms with Crippen LogP contribution in [0.2, 0.25) is 0 Å². The van der Waals surface area contributed by atoms with Crippen molar-refractivity contribution in [2.75, 3.05) is 6.54 Å². The molecule has 0 fully saturated rings. The number of aliphatic hydroxyl groups excluding tert-OH is 1. The SMILES string of the molecule is Cc1nc(C)c(C(=O)C2=C(O)C(=O)N(CCCn3ccnc3)C2c2cccs2)s1. The molecule has 0 radical (unpaired) electrons. The molecule has 1 N–H and O–H groups in total. The molecule has 1 unspecified atom stereocenters. The maximum absolute atomic E-state index is 13.3. The molecular formula is C20H20N4O3S2. The van der Waals surface area contributed by atoms with E-state index in [2.05, 4.69) is 9.97 Å². The number of amides is 1. The van der Waals surface area contributed by atoms with Crippen LogP contribution in [0, 0.1) is 13.8 Å². The largest absolute Gasteiger partial charge is 0.503 e. The molecule has 0 aliphatic carbocycles. The van der Waals surface area contributed by atoms with E-state index in [0.29, 0.717) is 30.1 Å². The lowest BCUT2D eigenvalue weighted by atomic mass is 10.00. The number of hydrogen-bond acceptors (Lipinski definition) is 7. The Labute approximate surface area is 176 Å². The van der Waals surface area contributed by atoms with Gasteiger partial charge in [0.1, 0.15) is 0 Å². The number of imidazole rings is 1. The second-order valence-corrected chi connectivity index (χ2v) is 8.99. The highest BCUT2D eigenvalue weighted by molar-refractivity contribution is 7.14. The third-order valence-electron chi connectivity index (χ3n) is 4.85. The molecule has 1 aliphatic rings. The summed E-state index contributed by atoms with van der Waals surface area (Å²) in [6.07, 6.45) is 5.97. The maximum atomic E-state index is 13.3. The standard InChI is InChI=1S/C20H20N4O3S2/c1-12-19(29-13(2)22-12)17(25)15-16(14-5-3-10-28-14)24(20(27)18(15)26)8-4-7-23-9-6-21-11-23/h3,5-6,9-11,16,26H,4,7-8H2,1-2H3. The molecule has 3 aromatic heterocycles. The second-order valence-electron chi connectivity index (χ2n) is 6.81. The molecule has 0 spiro atoms. The third kappa shape index (κ3) is 3.63. The minimum absolute atomic E-state index is 0.145. The van der Waals surface area contributed by atoms with E-state index >= 15 is 0 Å². The van der Waals surface area contributed by atoms with E-state index in [4.69, 9.17) is 0 Å². The fraction of sp³-hybridized carbons (Fsp3) is 0.300. The number of carbonyl (C=O) groups excluding carboxylic acids is 2. The smallest absolute Gasteiger partial charge is 0.290 e. The van der Waals surface area contributed by atoms with Crippen LogP contribution in [0.3, 0.4) is 0 Å². The summed E-state index contributed by atoms with van der Waals surface area (Å²) in [5.74, 6) is -1.28. The van der Waals surface area contributed by atoms with Crippen LogP contribution in [0.1, 0.15) is 37.7 Å². The quantitative estimate of drug-likeness (QED) is 0.580. The van der Waals surface area contributed by atoms with Gasteiger partial charge in [-0.25, -0.2) is 9.97 Å². The van der Waals surface area contributed by atoms with Crippen molar-refractivity contribution in [3.05, 3.63) is 68.0 Å². The van der Waals surface area contributed by atoms with Gasteiger partial charge in [0.25, 0.3) is 5.91 Å². The maximum Gasteiger partial charge on any atom is 0.290 e. The molecule has 1 atom stereocenters. The molecule has 0 aromatic carbocycles. The molecule has 1 aliphatic heterocycles. The van der Waals surface area contributed by atoms with E-state index in [9.17, 15) is 14.7 Å². The average Bonchev–Trinajstić information content (AvgIpc) is 3.47. The van der Waals surface area contributed by atoms with Gasteiger partial charge in [-0.3, -0.25) is 9.59 Å². The van der Waals surface area contributed by atoms with E-state index in [1.165, 1.54) is 22.7 Å². The summed E-state index contributed by atoms with van der Waals surface area (Å²) < 4.78 is 1.93. The van der Waals surface area contributed by atoms with Crippen LogP contribution >= 0.6 is 22.7 Å². The van der Waals surface area contributed by atoms with Gasteiger partial charge < -0.3 is 14.6 Å². The van der Waals surface area contributed by atoms with Crippen LogP contribution in [0.5, 0.6) is 0 Å². The first-order valence-corrected chi connectivity index (χ1v) is 10.9. The number of nitrogens with zero attached hydrogens (tertiary/aromatic N) is 4. The summed E-state index contributed by atoms with van der Waals surface area (Å²) in [5, 5.41) is 13.3. The Hall–Kier alpha value is -2.78. The van der Waals surface area contributed by atoms with E-state index in [-0.39, 0.29) is 11.4 Å². The Kier molecular flexibility index (Phi) is 5.33. The van der Waals surface area contributed by atoms with Crippen LogP contribution in [-0.4, -0.2) is 42.8 Å². The van der Waals surface area contributed by atoms with E-state index in [1.807, 2.05) is 35.2 Å². The van der Waals surface area contributed by atoms with Gasteiger partial charge in [0.15, 0.2) is 5.76 Å². The zero-order valence-corrected chi connectivity index (χ0v) is 17.7. The summed E-state index contributed by atoms with van der Waals surface area (Å²) in [6.45, 7) is 4.72. The Morgan fingerprint density at radius 1 is 1.31 bits per heavy atom. The van der Waals surface area contributed by atoms with Gasteiger partial charge in [-0.05, 0) is 31.7 Å². The van der Waals surface area contributed by atoms with Gasteiger partial charge >= 0.3 is 0 Å². The first kappa shape index (κ1) is 19.5. The minimum Gasteiger partial charge on any atom is -0.503 e. The molecule has 150 valence electrons. The monoisotopic (exact) mass is 428 g/mol. The number of rotatable bonds is 7. The molecule has 9 heteroatoms. The van der Waals surface area contributed by atoms with Crippen molar-refractivity contribution in [2.24, 2.45) is 0 Å². The van der Waals surface area contributed by atoms with E-state index < -0.39 is 17.7 Å². The van der Waals surface area contributed by atoms with Crippen molar-refractivity contribution in [1.29, 1.82) is 0 Å². The molecule has 4 rings (SSSR count). The molecule has 0 saturated heterocycles. The van der Waals surface area contributed by atoms with Crippen LogP contribution in [-0.2, 0) is 11.3 Å². The molecule has 7 nitrogen and oxygen atoms in total. The number of thiophene rings is 1. The zero-order valence-electron chi connectivity index (χ0n) is 16.0. The Morgan fingerprint density at radius 3 is 2.76 bits per heavy atom. The predicted octanol–water partition coefficient (Wildman–Crippen LogP) is 3.69. The number of carbonyl (C=O) groups is 2. The highest BCUT2D eigenvalue weighted by Gasteiger charge is 2.44. The molecule has 4 heterocycles. The molecule has 29 heavy (non-hydrogen) atoms. The number of Topliss-reactive ketones (excluding diaryl/α,β-unsaturated/α-hetero) is 1. The van der Waals surface area contributed by atoms with E-state index in [0.717, 1.165) is 9.88 Å². The zero-order chi connectivity index (χ0) is 20.5. The van der Waals surface area contributed by atoms with Crippen molar-refractivity contribution in [3.8, 4) is 0 Å². The fourth-order valence-electron chi connectivity index (χ4n) is 3.57.